The van der Waals surface area contributed by atoms with E-state index in [9.17, 15) is 9.59 Å². The number of para-hydroxylation sites is 1. The summed E-state index contributed by atoms with van der Waals surface area (Å²) in [5.41, 5.74) is 2.11. The molecule has 0 radical (unpaired) electrons. The van der Waals surface area contributed by atoms with Crippen LogP contribution in [0.1, 0.15) is 10.4 Å². The summed E-state index contributed by atoms with van der Waals surface area (Å²) in [4.78, 5) is 29.6. The highest BCUT2D eigenvalue weighted by molar-refractivity contribution is 6.33. The van der Waals surface area contributed by atoms with Crippen molar-refractivity contribution in [3.8, 4) is 11.4 Å². The number of carbonyl (C=O) groups excluding carboxylic acids is 1. The lowest BCUT2D eigenvalue weighted by Crippen LogP contribution is -2.49. The number of hydrogen-bond donors (Lipinski definition) is 0. The molecule has 33 heavy (non-hydrogen) atoms. The van der Waals surface area contributed by atoms with Crippen LogP contribution < -0.4 is 10.5 Å². The van der Waals surface area contributed by atoms with E-state index in [1.54, 1.807) is 41.4 Å². The van der Waals surface area contributed by atoms with E-state index >= 15 is 0 Å². The van der Waals surface area contributed by atoms with Crippen molar-refractivity contribution in [2.75, 3.05) is 31.1 Å². The first-order valence-electron chi connectivity index (χ1n) is 10.3. The molecule has 1 fully saturated rings. The van der Waals surface area contributed by atoms with Crippen LogP contribution in [0.25, 0.3) is 11.4 Å². The summed E-state index contributed by atoms with van der Waals surface area (Å²) in [6, 6.07) is 16.3. The largest absolute Gasteiger partial charge is 0.365 e. The summed E-state index contributed by atoms with van der Waals surface area (Å²) in [6.07, 6.45) is 3.08. The second-order valence-electron chi connectivity index (χ2n) is 7.48. The molecule has 1 saturated heterocycles. The smallest absolute Gasteiger partial charge is 0.292 e. The monoisotopic (exact) mass is 462 g/mol. The van der Waals surface area contributed by atoms with Crippen molar-refractivity contribution in [2.45, 2.75) is 0 Å². The Bertz CT molecular complexity index is 1330. The number of benzene rings is 2. The number of amides is 1. The number of anilines is 1. The van der Waals surface area contributed by atoms with Crippen molar-refractivity contribution in [1.29, 1.82) is 0 Å². The molecule has 2 aromatic heterocycles. The molecule has 4 aromatic rings. The lowest BCUT2D eigenvalue weighted by Gasteiger charge is -2.36. The summed E-state index contributed by atoms with van der Waals surface area (Å²) < 4.78 is 2.78. The summed E-state index contributed by atoms with van der Waals surface area (Å²) in [5.74, 6) is -0.0757. The third-order valence-electron chi connectivity index (χ3n) is 5.52. The fourth-order valence-electron chi connectivity index (χ4n) is 3.79. The highest BCUT2D eigenvalue weighted by Crippen LogP contribution is 2.23. The van der Waals surface area contributed by atoms with Crippen LogP contribution in [0.5, 0.6) is 0 Å². The van der Waals surface area contributed by atoms with Crippen LogP contribution in [0.15, 0.2) is 71.9 Å². The van der Waals surface area contributed by atoms with Crippen LogP contribution in [-0.2, 0) is 0 Å². The van der Waals surface area contributed by atoms with Crippen molar-refractivity contribution in [2.24, 2.45) is 0 Å². The van der Waals surface area contributed by atoms with Crippen LogP contribution in [0.2, 0.25) is 5.02 Å². The Labute approximate surface area is 193 Å². The summed E-state index contributed by atoms with van der Waals surface area (Å²) in [7, 11) is 0. The van der Waals surface area contributed by atoms with E-state index in [1.165, 1.54) is 15.7 Å². The van der Waals surface area contributed by atoms with Gasteiger partial charge in [0, 0.05) is 31.7 Å². The highest BCUT2D eigenvalue weighted by atomic mass is 35.5. The van der Waals surface area contributed by atoms with Crippen molar-refractivity contribution in [3.05, 3.63) is 88.1 Å². The van der Waals surface area contributed by atoms with E-state index in [2.05, 4.69) is 20.6 Å². The van der Waals surface area contributed by atoms with Gasteiger partial charge in [0.1, 0.15) is 11.3 Å². The predicted octanol–water partition coefficient (Wildman–Crippen LogP) is 1.82. The molecule has 0 atom stereocenters. The fraction of sp³-hybridized carbons (Fsp3) is 0.182. The minimum absolute atomic E-state index is 0.0757. The molecule has 1 amide bonds. The molecule has 0 aliphatic carbocycles. The van der Waals surface area contributed by atoms with E-state index < -0.39 is 0 Å². The molecule has 166 valence electrons. The number of carbonyl (C=O) groups is 1. The van der Waals surface area contributed by atoms with Gasteiger partial charge in [-0.3, -0.25) is 9.59 Å². The Hall–Kier alpha value is -4.05. The van der Waals surface area contributed by atoms with Gasteiger partial charge in [0.15, 0.2) is 0 Å². The standard InChI is InChI=1S/C22H19ClN8O2/c23-20-19(14-25-31(22(20)33)17-6-2-1-3-7-17)28-9-11-29(12-10-28)21(32)16-5-4-8-18(13-16)30-15-24-26-27-30/h1-8,13-15H,9-12H2. The zero-order valence-electron chi connectivity index (χ0n) is 17.5. The third kappa shape index (κ3) is 4.08. The Morgan fingerprint density at radius 3 is 2.42 bits per heavy atom. The number of nitrogens with zero attached hydrogens (tertiary/aromatic N) is 8. The molecule has 1 aliphatic rings. The zero-order chi connectivity index (χ0) is 22.8. The first-order chi connectivity index (χ1) is 16.1. The van der Waals surface area contributed by atoms with Gasteiger partial charge in [0.05, 0.1) is 23.3 Å². The Kier molecular flexibility index (Phi) is 5.57. The highest BCUT2D eigenvalue weighted by Gasteiger charge is 2.25. The van der Waals surface area contributed by atoms with Crippen LogP contribution in [0, 0.1) is 0 Å². The van der Waals surface area contributed by atoms with Gasteiger partial charge in [-0.2, -0.15) is 9.78 Å². The molecule has 0 spiro atoms. The Morgan fingerprint density at radius 2 is 1.70 bits per heavy atom. The van der Waals surface area contributed by atoms with Gasteiger partial charge < -0.3 is 9.80 Å². The molecule has 0 bridgehead atoms. The molecule has 3 heterocycles. The number of halogens is 1. The number of piperazine rings is 1. The van der Waals surface area contributed by atoms with Crippen molar-refractivity contribution < 1.29 is 4.79 Å². The molecular formula is C22H19ClN8O2. The lowest BCUT2D eigenvalue weighted by atomic mass is 10.1. The Balaban J connectivity index is 1.30. The van der Waals surface area contributed by atoms with Gasteiger partial charge in [-0.1, -0.05) is 35.9 Å². The fourth-order valence-corrected chi connectivity index (χ4v) is 4.04. The first kappa shape index (κ1) is 20.8. The van der Waals surface area contributed by atoms with Crippen LogP contribution in [0.3, 0.4) is 0 Å². The van der Waals surface area contributed by atoms with Gasteiger partial charge in [0.25, 0.3) is 11.5 Å². The minimum atomic E-state index is -0.377. The zero-order valence-corrected chi connectivity index (χ0v) is 18.2. The van der Waals surface area contributed by atoms with Gasteiger partial charge in [-0.05, 0) is 40.8 Å². The minimum Gasteiger partial charge on any atom is -0.365 e. The van der Waals surface area contributed by atoms with E-state index in [4.69, 9.17) is 11.6 Å². The van der Waals surface area contributed by atoms with E-state index in [1.807, 2.05) is 29.2 Å². The van der Waals surface area contributed by atoms with E-state index in [0.717, 1.165) is 0 Å². The molecule has 10 nitrogen and oxygen atoms in total. The second kappa shape index (κ2) is 8.83. The van der Waals surface area contributed by atoms with Crippen molar-refractivity contribution in [1.82, 2.24) is 34.9 Å². The molecular weight excluding hydrogens is 444 g/mol. The number of aromatic nitrogens is 6. The second-order valence-corrected chi connectivity index (χ2v) is 7.86. The average Bonchev–Trinajstić information content (AvgIpc) is 3.41. The van der Waals surface area contributed by atoms with E-state index in [-0.39, 0.29) is 16.5 Å². The van der Waals surface area contributed by atoms with Crippen LogP contribution >= 0.6 is 11.6 Å². The molecule has 0 N–H and O–H groups in total. The molecule has 1 aliphatic heterocycles. The maximum Gasteiger partial charge on any atom is 0.292 e. The quantitative estimate of drug-likeness (QED) is 0.456. The van der Waals surface area contributed by atoms with Crippen molar-refractivity contribution in [3.63, 3.8) is 0 Å². The van der Waals surface area contributed by atoms with E-state index in [0.29, 0.717) is 48.8 Å². The van der Waals surface area contributed by atoms with Gasteiger partial charge in [-0.25, -0.2) is 4.68 Å². The lowest BCUT2D eigenvalue weighted by molar-refractivity contribution is 0.0746. The van der Waals surface area contributed by atoms with Gasteiger partial charge >= 0.3 is 0 Å². The number of hydrogen-bond acceptors (Lipinski definition) is 7. The van der Waals surface area contributed by atoms with Crippen molar-refractivity contribution >= 4 is 23.2 Å². The maximum absolute atomic E-state index is 13.0. The SMILES string of the molecule is O=C(c1cccc(-n2cnnn2)c1)N1CCN(c2cnn(-c3ccccc3)c(=O)c2Cl)CC1. The van der Waals surface area contributed by atoms with Crippen LogP contribution in [0.4, 0.5) is 5.69 Å². The summed E-state index contributed by atoms with van der Waals surface area (Å²) >= 11 is 6.43. The molecule has 0 unspecified atom stereocenters. The number of tetrazole rings is 1. The predicted molar refractivity (Wildman–Crippen MR) is 122 cm³/mol. The van der Waals surface area contributed by atoms with Gasteiger partial charge in [0.2, 0.25) is 0 Å². The molecule has 0 saturated carbocycles. The summed E-state index contributed by atoms with van der Waals surface area (Å²) in [6.45, 7) is 2.06. The molecule has 2 aromatic carbocycles. The average molecular weight is 463 g/mol. The third-order valence-corrected chi connectivity index (χ3v) is 5.87. The molecule has 11 heteroatoms. The number of rotatable bonds is 4. The molecule has 5 rings (SSSR count). The first-order valence-corrected chi connectivity index (χ1v) is 10.7. The van der Waals surface area contributed by atoms with Gasteiger partial charge in [-0.15, -0.1) is 5.10 Å². The summed E-state index contributed by atoms with van der Waals surface area (Å²) in [5, 5.41) is 15.5. The Morgan fingerprint density at radius 1 is 0.939 bits per heavy atom. The maximum atomic E-state index is 13.0. The van der Waals surface area contributed by atoms with Crippen LogP contribution in [-0.4, -0.2) is 67.0 Å². The normalized spacial score (nSPS) is 13.8. The topological polar surface area (TPSA) is 102 Å².